The Hall–Kier alpha value is -0.617. The maximum atomic E-state index is 3.39. The molecule has 2 rings (SSSR count). The van der Waals surface area contributed by atoms with Gasteiger partial charge in [-0.1, -0.05) is 0 Å². The summed E-state index contributed by atoms with van der Waals surface area (Å²) in [6.45, 7) is 8.82. The molecule has 0 saturated carbocycles. The summed E-state index contributed by atoms with van der Waals surface area (Å²) in [5.41, 5.74) is 4.03. The summed E-state index contributed by atoms with van der Waals surface area (Å²) in [7, 11) is 0. The van der Waals surface area contributed by atoms with Crippen LogP contribution >= 0.6 is 0 Å². The quantitative estimate of drug-likeness (QED) is 0.805. The molecule has 0 aliphatic heterocycles. The number of aromatic amines is 1. The van der Waals surface area contributed by atoms with E-state index in [4.69, 9.17) is 0 Å². The van der Waals surface area contributed by atoms with Crippen molar-refractivity contribution in [2.24, 2.45) is 0 Å². The molecule has 1 aliphatic rings. The van der Waals surface area contributed by atoms with E-state index >= 15 is 0 Å². The van der Waals surface area contributed by atoms with Gasteiger partial charge in [0.05, 0.1) is 0 Å². The second-order valence-corrected chi connectivity index (χ2v) is 7.59. The molecule has 0 bridgehead atoms. The number of allylic oxidation sites excluding steroid dienone is 4. The van der Waals surface area contributed by atoms with Gasteiger partial charge in [0.2, 0.25) is 0 Å². The first-order valence-electron chi connectivity index (χ1n) is 5.17. The number of rotatable bonds is 2. The Morgan fingerprint density at radius 1 is 1.27 bits per heavy atom. The Labute approximate surface area is 99.3 Å². The fourth-order valence-corrected chi connectivity index (χ4v) is 4.62. The van der Waals surface area contributed by atoms with Crippen LogP contribution in [0.4, 0.5) is 0 Å². The molecule has 1 nitrogen and oxygen atoms in total. The molecule has 1 aromatic heterocycles. The predicted molar refractivity (Wildman–Crippen MR) is 61.2 cm³/mol. The van der Waals surface area contributed by atoms with Gasteiger partial charge in [0.1, 0.15) is 0 Å². The van der Waals surface area contributed by atoms with Crippen molar-refractivity contribution in [3.05, 3.63) is 41.3 Å². The summed E-state index contributed by atoms with van der Waals surface area (Å²) in [5.74, 6) is 0. The molecule has 0 amide bonds. The molecule has 15 heavy (non-hydrogen) atoms. The van der Waals surface area contributed by atoms with Crippen LogP contribution < -0.4 is 4.16 Å². The Balaban J connectivity index is 2.23. The first kappa shape index (κ1) is 10.9. The zero-order valence-corrected chi connectivity index (χ0v) is 11.4. The molecule has 82 valence electrons. The minimum atomic E-state index is 0.213. The molecule has 0 spiro atoms. The Bertz CT molecular complexity index is 439. The van der Waals surface area contributed by atoms with Gasteiger partial charge in [-0.25, -0.2) is 0 Å². The van der Waals surface area contributed by atoms with Crippen LogP contribution in [0.3, 0.4) is 0 Å². The fourth-order valence-electron chi connectivity index (χ4n) is 1.86. The van der Waals surface area contributed by atoms with E-state index in [1.54, 1.807) is 0 Å². The van der Waals surface area contributed by atoms with Crippen LogP contribution in [-0.4, -0.2) is 4.98 Å². The van der Waals surface area contributed by atoms with Gasteiger partial charge in [0, 0.05) is 0 Å². The van der Waals surface area contributed by atoms with Crippen LogP contribution in [0.15, 0.2) is 29.9 Å². The number of nitrogens with one attached hydrogen (secondary N) is 1. The van der Waals surface area contributed by atoms with Crippen LogP contribution in [0.5, 0.6) is 0 Å². The first-order valence-corrected chi connectivity index (χ1v) is 6.91. The van der Waals surface area contributed by atoms with Crippen molar-refractivity contribution in [3.8, 4) is 0 Å². The zero-order valence-electron chi connectivity index (χ0n) is 9.66. The van der Waals surface area contributed by atoms with E-state index < -0.39 is 0 Å². The van der Waals surface area contributed by atoms with Gasteiger partial charge in [0.25, 0.3) is 0 Å². The Morgan fingerprint density at radius 3 is 2.47 bits per heavy atom. The molecule has 1 heterocycles. The van der Waals surface area contributed by atoms with Gasteiger partial charge in [-0.3, -0.25) is 0 Å². The monoisotopic (exact) mass is 289 g/mol. The summed E-state index contributed by atoms with van der Waals surface area (Å²) >= 11 is 0.213. The molecule has 1 N–H and O–H groups in total. The zero-order chi connectivity index (χ0) is 11.1. The van der Waals surface area contributed by atoms with Crippen molar-refractivity contribution in [2.45, 2.75) is 31.7 Å². The second kappa shape index (κ2) is 3.75. The van der Waals surface area contributed by atoms with E-state index in [0.717, 1.165) is 0 Å². The number of hydrogen-bond donors (Lipinski definition) is 1. The maximum absolute atomic E-state index is 3.39. The van der Waals surface area contributed by atoms with Crippen molar-refractivity contribution in [1.82, 2.24) is 4.98 Å². The number of hydrogen-bond acceptors (Lipinski definition) is 0. The Morgan fingerprint density at radius 2 is 2.00 bits per heavy atom. The molecule has 0 fully saturated rings. The summed E-state index contributed by atoms with van der Waals surface area (Å²) < 4.78 is 1.83. The molecule has 0 aromatic carbocycles. The van der Waals surface area contributed by atoms with Gasteiger partial charge in [0.15, 0.2) is 0 Å². The second-order valence-electron chi connectivity index (χ2n) is 4.35. The van der Waals surface area contributed by atoms with Gasteiger partial charge < -0.3 is 0 Å². The third kappa shape index (κ3) is 2.31. The molecule has 0 saturated heterocycles. The summed E-state index contributed by atoms with van der Waals surface area (Å²) in [4.78, 5) is 3.39. The van der Waals surface area contributed by atoms with Crippen molar-refractivity contribution >= 4 is 4.16 Å². The average molecular weight is 288 g/mol. The van der Waals surface area contributed by atoms with Crippen molar-refractivity contribution in [1.29, 1.82) is 0 Å². The minimum absolute atomic E-state index is 0.213. The fraction of sp³-hybridized carbons (Fsp3) is 0.385. The van der Waals surface area contributed by atoms with E-state index in [9.17, 15) is 0 Å². The van der Waals surface area contributed by atoms with Gasteiger partial charge in [-0.15, -0.1) is 0 Å². The van der Waals surface area contributed by atoms with E-state index in [1.807, 2.05) is 0 Å². The predicted octanol–water partition coefficient (Wildman–Crippen LogP) is 3.03. The van der Waals surface area contributed by atoms with Crippen molar-refractivity contribution in [2.75, 3.05) is 0 Å². The first-order chi connectivity index (χ1) is 6.98. The standard InChI is InChI=1S/C7H9.C6H8N.Ru/c1-6-3-4-7(2)5-6;1-5-3-4-6(2)7-5;/h3-5H,1-2H3;3,7H,1-2H3;. The number of H-pyrrole nitrogens is 1. The van der Waals surface area contributed by atoms with Crippen molar-refractivity contribution < 1.29 is 17.1 Å². The molecule has 1 atom stereocenters. The normalized spacial score (nSPS) is 24.9. The van der Waals surface area contributed by atoms with Crippen molar-refractivity contribution in [3.63, 3.8) is 0 Å². The number of aryl methyl sites for hydroxylation is 2. The van der Waals surface area contributed by atoms with E-state index in [2.05, 4.69) is 57.0 Å². The van der Waals surface area contributed by atoms with Crippen LogP contribution in [0.1, 0.15) is 25.2 Å². The molecule has 1 aliphatic carbocycles. The Kier molecular flexibility index (Phi) is 2.72. The summed E-state index contributed by atoms with van der Waals surface area (Å²) in [6.07, 6.45) is 6.99. The molecule has 0 radical (unpaired) electrons. The molecular weight excluding hydrogens is 271 g/mol. The SMILES string of the molecule is CC1=C[C](C)([Ru][c]2cc(C)[nH]c2C)C=C1. The van der Waals surface area contributed by atoms with E-state index in [-0.39, 0.29) is 17.1 Å². The van der Waals surface area contributed by atoms with Crippen LogP contribution in [0, 0.1) is 13.8 Å². The van der Waals surface area contributed by atoms with Crippen LogP contribution in [0.25, 0.3) is 0 Å². The average Bonchev–Trinajstić information content (AvgIpc) is 2.58. The third-order valence-electron chi connectivity index (χ3n) is 2.53. The van der Waals surface area contributed by atoms with Gasteiger partial charge in [-0.2, -0.15) is 0 Å². The van der Waals surface area contributed by atoms with E-state index in [1.165, 1.54) is 21.1 Å². The molecule has 1 unspecified atom stereocenters. The van der Waals surface area contributed by atoms with Gasteiger partial charge in [-0.05, 0) is 0 Å². The molecule has 1 aromatic rings. The van der Waals surface area contributed by atoms with Gasteiger partial charge >= 0.3 is 99.2 Å². The third-order valence-corrected chi connectivity index (χ3v) is 5.38. The van der Waals surface area contributed by atoms with E-state index in [0.29, 0.717) is 4.01 Å². The van der Waals surface area contributed by atoms with Crippen LogP contribution in [-0.2, 0) is 17.1 Å². The molecular formula is C13H17NRu. The number of aromatic nitrogens is 1. The summed E-state index contributed by atoms with van der Waals surface area (Å²) in [6, 6.07) is 2.30. The van der Waals surface area contributed by atoms with Crippen LogP contribution in [0.2, 0.25) is 4.01 Å². The topological polar surface area (TPSA) is 15.8 Å². The molecule has 2 heteroatoms. The summed E-state index contributed by atoms with van der Waals surface area (Å²) in [5, 5.41) is 0.